The molecule has 0 heterocycles. The molecule has 1 N–H and O–H groups in total. The molecule has 0 spiro atoms. The molecule has 5 heteroatoms. The average Bonchev–Trinajstić information content (AvgIpc) is 3.16. The molecule has 0 bridgehead atoms. The summed E-state index contributed by atoms with van der Waals surface area (Å²) in [6.07, 6.45) is 2.24. The Bertz CT molecular complexity index is 498. The smallest absolute Gasteiger partial charge is 0.306 e. The summed E-state index contributed by atoms with van der Waals surface area (Å²) < 4.78 is 5.68. The third kappa shape index (κ3) is 3.99. The Morgan fingerprint density at radius 3 is 2.75 bits per heavy atom. The van der Waals surface area contributed by atoms with Gasteiger partial charge in [-0.15, -0.1) is 11.8 Å². The zero-order valence-electron chi connectivity index (χ0n) is 11.7. The fraction of sp³-hybridized carbons (Fsp3) is 0.533. The van der Waals surface area contributed by atoms with Crippen LogP contribution in [0, 0.1) is 5.41 Å². The molecule has 1 aromatic carbocycles. The van der Waals surface area contributed by atoms with Crippen molar-refractivity contribution in [2.75, 3.05) is 12.9 Å². The van der Waals surface area contributed by atoms with Gasteiger partial charge in [0.1, 0.15) is 0 Å². The van der Waals surface area contributed by atoms with E-state index < -0.39 is 6.10 Å². The van der Waals surface area contributed by atoms with Crippen molar-refractivity contribution < 1.29 is 14.6 Å². The highest BCUT2D eigenvalue weighted by Crippen LogP contribution is 2.52. The lowest BCUT2D eigenvalue weighted by Crippen LogP contribution is -2.12. The summed E-state index contributed by atoms with van der Waals surface area (Å²) in [6, 6.07) is 5.99. The number of benzene rings is 1. The number of carbonyl (C=O) groups excluding carboxylic acids is 1. The number of rotatable bonds is 6. The van der Waals surface area contributed by atoms with Crippen LogP contribution >= 0.6 is 27.7 Å². The predicted octanol–water partition coefficient (Wildman–Crippen LogP) is 3.94. The summed E-state index contributed by atoms with van der Waals surface area (Å²) in [6.45, 7) is 1.75. The molecular formula is C15H19BrO3S. The van der Waals surface area contributed by atoms with Gasteiger partial charge < -0.3 is 9.84 Å². The lowest BCUT2D eigenvalue weighted by molar-refractivity contribution is -0.141. The van der Waals surface area contributed by atoms with Crippen molar-refractivity contribution in [3.63, 3.8) is 0 Å². The number of aliphatic hydroxyl groups is 1. The van der Waals surface area contributed by atoms with Crippen LogP contribution < -0.4 is 0 Å². The van der Waals surface area contributed by atoms with Crippen molar-refractivity contribution in [1.82, 2.24) is 0 Å². The van der Waals surface area contributed by atoms with Gasteiger partial charge in [0.05, 0.1) is 19.6 Å². The maximum atomic E-state index is 11.4. The third-order valence-electron chi connectivity index (χ3n) is 3.67. The third-order valence-corrected chi connectivity index (χ3v) is 5.70. The van der Waals surface area contributed by atoms with E-state index >= 15 is 0 Å². The lowest BCUT2D eigenvalue weighted by atomic mass is 10.1. The highest BCUT2D eigenvalue weighted by Gasteiger charge is 2.44. The van der Waals surface area contributed by atoms with Crippen LogP contribution in [-0.2, 0) is 9.53 Å². The summed E-state index contributed by atoms with van der Waals surface area (Å²) in [5.41, 5.74) is 1.03. The number of aliphatic hydroxyl groups excluding tert-OH is 1. The maximum absolute atomic E-state index is 11.4. The first-order valence-electron chi connectivity index (χ1n) is 6.63. The van der Waals surface area contributed by atoms with Crippen molar-refractivity contribution in [3.05, 3.63) is 28.2 Å². The van der Waals surface area contributed by atoms with Crippen molar-refractivity contribution in [2.24, 2.45) is 5.41 Å². The van der Waals surface area contributed by atoms with Crippen LogP contribution in [-0.4, -0.2) is 23.9 Å². The summed E-state index contributed by atoms with van der Waals surface area (Å²) in [7, 11) is 1.44. The fourth-order valence-electron chi connectivity index (χ4n) is 2.10. The van der Waals surface area contributed by atoms with E-state index in [1.807, 2.05) is 18.2 Å². The molecule has 1 saturated carbocycles. The summed E-state index contributed by atoms with van der Waals surface area (Å²) >= 11 is 5.25. The van der Waals surface area contributed by atoms with E-state index in [0.717, 1.165) is 33.5 Å². The quantitative estimate of drug-likeness (QED) is 0.617. The largest absolute Gasteiger partial charge is 0.469 e. The van der Waals surface area contributed by atoms with E-state index in [-0.39, 0.29) is 11.4 Å². The molecular weight excluding hydrogens is 340 g/mol. The molecule has 0 radical (unpaired) electrons. The molecule has 0 aliphatic heterocycles. The van der Waals surface area contributed by atoms with Crippen molar-refractivity contribution in [2.45, 2.75) is 37.2 Å². The molecule has 3 nitrogen and oxygen atoms in total. The monoisotopic (exact) mass is 358 g/mol. The first-order valence-corrected chi connectivity index (χ1v) is 8.41. The number of thioether (sulfide) groups is 1. The van der Waals surface area contributed by atoms with Crippen LogP contribution in [0.15, 0.2) is 27.6 Å². The van der Waals surface area contributed by atoms with Gasteiger partial charge >= 0.3 is 5.97 Å². The first-order chi connectivity index (χ1) is 9.46. The Kier molecular flexibility index (Phi) is 5.15. The molecule has 1 aromatic rings. The molecule has 110 valence electrons. The fourth-order valence-corrected chi connectivity index (χ4v) is 4.19. The Balaban J connectivity index is 1.94. The summed E-state index contributed by atoms with van der Waals surface area (Å²) in [5.74, 6) is 0.816. The van der Waals surface area contributed by atoms with Crippen LogP contribution in [0.1, 0.15) is 37.9 Å². The zero-order valence-corrected chi connectivity index (χ0v) is 14.1. The molecule has 1 atom stereocenters. The number of hydrogen-bond donors (Lipinski definition) is 1. The topological polar surface area (TPSA) is 46.5 Å². The van der Waals surface area contributed by atoms with Gasteiger partial charge in [0.2, 0.25) is 0 Å². The number of halogens is 1. The molecule has 1 fully saturated rings. The predicted molar refractivity (Wildman–Crippen MR) is 83.8 cm³/mol. The highest BCUT2D eigenvalue weighted by molar-refractivity contribution is 9.10. The van der Waals surface area contributed by atoms with Gasteiger partial charge in [0.25, 0.3) is 0 Å². The number of ether oxygens (including phenoxy) is 1. The number of methoxy groups -OCH3 is 1. The van der Waals surface area contributed by atoms with Crippen LogP contribution in [0.25, 0.3) is 0 Å². The van der Waals surface area contributed by atoms with Gasteiger partial charge in [-0.25, -0.2) is 0 Å². The van der Waals surface area contributed by atoms with E-state index in [4.69, 9.17) is 4.74 Å². The summed E-state index contributed by atoms with van der Waals surface area (Å²) in [5, 5.41) is 9.60. The van der Waals surface area contributed by atoms with Gasteiger partial charge in [-0.05, 0) is 42.9 Å². The van der Waals surface area contributed by atoms with Crippen molar-refractivity contribution in [1.29, 1.82) is 0 Å². The Hall–Kier alpha value is -0.520. The van der Waals surface area contributed by atoms with Crippen LogP contribution in [0.3, 0.4) is 0 Å². The molecule has 0 unspecified atom stereocenters. The van der Waals surface area contributed by atoms with Gasteiger partial charge in [0, 0.05) is 15.1 Å². The second kappa shape index (κ2) is 6.50. The minimum Gasteiger partial charge on any atom is -0.469 e. The lowest BCUT2D eigenvalue weighted by Gasteiger charge is -2.14. The molecule has 1 aliphatic carbocycles. The molecule has 1 aliphatic rings. The number of esters is 1. The Morgan fingerprint density at radius 2 is 2.25 bits per heavy atom. The Labute approximate surface area is 132 Å². The normalized spacial score (nSPS) is 17.6. The van der Waals surface area contributed by atoms with Gasteiger partial charge in [-0.2, -0.15) is 0 Å². The van der Waals surface area contributed by atoms with Crippen LogP contribution in [0.5, 0.6) is 0 Å². The van der Waals surface area contributed by atoms with Gasteiger partial charge in [-0.1, -0.05) is 22.0 Å². The first kappa shape index (κ1) is 15.9. The maximum Gasteiger partial charge on any atom is 0.306 e. The second-order valence-corrected chi connectivity index (χ2v) is 7.30. The minimum absolute atomic E-state index is 0.117. The van der Waals surface area contributed by atoms with E-state index in [1.54, 1.807) is 18.7 Å². The van der Waals surface area contributed by atoms with Crippen LogP contribution in [0.4, 0.5) is 0 Å². The van der Waals surface area contributed by atoms with E-state index in [1.165, 1.54) is 7.11 Å². The summed E-state index contributed by atoms with van der Waals surface area (Å²) in [4.78, 5) is 12.5. The zero-order chi connectivity index (χ0) is 14.8. The second-order valence-electron chi connectivity index (χ2n) is 5.40. The van der Waals surface area contributed by atoms with Crippen LogP contribution in [0.2, 0.25) is 0 Å². The van der Waals surface area contributed by atoms with Gasteiger partial charge in [0.15, 0.2) is 0 Å². The minimum atomic E-state index is -0.475. The van der Waals surface area contributed by atoms with E-state index in [9.17, 15) is 9.90 Å². The SMILES string of the molecule is COC(=O)CC1(CSc2ccc([C@@H](C)O)c(Br)c2)CC1. The molecule has 2 rings (SSSR count). The van der Waals surface area contributed by atoms with E-state index in [0.29, 0.717) is 6.42 Å². The highest BCUT2D eigenvalue weighted by atomic mass is 79.9. The number of carbonyl (C=O) groups is 1. The van der Waals surface area contributed by atoms with Crippen molar-refractivity contribution >= 4 is 33.7 Å². The number of hydrogen-bond acceptors (Lipinski definition) is 4. The Morgan fingerprint density at radius 1 is 1.55 bits per heavy atom. The standard InChI is InChI=1S/C15H19BrO3S/c1-10(17)12-4-3-11(7-13(12)16)20-9-15(5-6-15)8-14(18)19-2/h3-4,7,10,17H,5-6,8-9H2,1-2H3/t10-/m1/s1. The van der Waals surface area contributed by atoms with Crippen molar-refractivity contribution in [3.8, 4) is 0 Å². The molecule has 0 saturated heterocycles. The molecule has 20 heavy (non-hydrogen) atoms. The van der Waals surface area contributed by atoms with E-state index in [2.05, 4.69) is 15.9 Å². The van der Waals surface area contributed by atoms with Gasteiger partial charge in [-0.3, -0.25) is 4.79 Å². The average molecular weight is 359 g/mol. The molecule has 0 aromatic heterocycles. The molecule has 0 amide bonds.